The zero-order chi connectivity index (χ0) is 19.7. The SMILES string of the molecule is O=C1CCC(N2Cc3ccc(COC(=O)NC4CCCC4)cc3C2=O)C(=O)N1. The first-order chi connectivity index (χ1) is 13.5. The first-order valence-electron chi connectivity index (χ1n) is 9.71. The van der Waals surface area contributed by atoms with Crippen LogP contribution >= 0.6 is 0 Å². The molecule has 1 aliphatic carbocycles. The molecule has 3 aliphatic rings. The van der Waals surface area contributed by atoms with Crippen molar-refractivity contribution in [2.45, 2.75) is 63.8 Å². The molecule has 1 atom stereocenters. The highest BCUT2D eigenvalue weighted by Crippen LogP contribution is 2.28. The number of piperidine rings is 1. The first-order valence-corrected chi connectivity index (χ1v) is 9.71. The lowest BCUT2D eigenvalue weighted by molar-refractivity contribution is -0.136. The molecule has 2 heterocycles. The molecule has 1 aromatic carbocycles. The van der Waals surface area contributed by atoms with Crippen LogP contribution in [0.5, 0.6) is 0 Å². The predicted molar refractivity (Wildman–Crippen MR) is 98.1 cm³/mol. The number of benzene rings is 1. The number of hydrogen-bond donors (Lipinski definition) is 2. The minimum Gasteiger partial charge on any atom is -0.445 e. The smallest absolute Gasteiger partial charge is 0.407 e. The van der Waals surface area contributed by atoms with Gasteiger partial charge in [-0.1, -0.05) is 25.0 Å². The van der Waals surface area contributed by atoms with Gasteiger partial charge in [-0.25, -0.2) is 4.79 Å². The Hall–Kier alpha value is -2.90. The third kappa shape index (κ3) is 3.72. The fraction of sp³-hybridized carbons (Fsp3) is 0.500. The molecule has 2 fully saturated rings. The molecular weight excluding hydrogens is 362 g/mol. The highest BCUT2D eigenvalue weighted by atomic mass is 16.5. The Morgan fingerprint density at radius 3 is 2.71 bits per heavy atom. The Bertz CT molecular complexity index is 831. The number of alkyl carbamates (subject to hydrolysis) is 1. The van der Waals surface area contributed by atoms with E-state index in [0.717, 1.165) is 36.8 Å². The summed E-state index contributed by atoms with van der Waals surface area (Å²) in [6.07, 6.45) is 4.34. The number of carbonyl (C=O) groups is 4. The fourth-order valence-electron chi connectivity index (χ4n) is 4.12. The molecule has 8 nitrogen and oxygen atoms in total. The van der Waals surface area contributed by atoms with Crippen LogP contribution < -0.4 is 10.6 Å². The summed E-state index contributed by atoms with van der Waals surface area (Å²) in [6.45, 7) is 0.418. The van der Waals surface area contributed by atoms with Gasteiger partial charge in [-0.2, -0.15) is 0 Å². The maximum atomic E-state index is 12.8. The summed E-state index contributed by atoms with van der Waals surface area (Å²) in [5, 5.41) is 5.15. The van der Waals surface area contributed by atoms with E-state index in [0.29, 0.717) is 18.5 Å². The van der Waals surface area contributed by atoms with Crippen LogP contribution in [0.25, 0.3) is 0 Å². The lowest BCUT2D eigenvalue weighted by Gasteiger charge is -2.29. The van der Waals surface area contributed by atoms with E-state index >= 15 is 0 Å². The molecule has 28 heavy (non-hydrogen) atoms. The zero-order valence-electron chi connectivity index (χ0n) is 15.5. The molecular formula is C20H23N3O5. The van der Waals surface area contributed by atoms with Gasteiger partial charge in [-0.15, -0.1) is 0 Å². The third-order valence-corrected chi connectivity index (χ3v) is 5.64. The van der Waals surface area contributed by atoms with Crippen LogP contribution in [0.4, 0.5) is 4.79 Å². The molecule has 0 bridgehead atoms. The number of imide groups is 1. The van der Waals surface area contributed by atoms with Crippen molar-refractivity contribution in [3.8, 4) is 0 Å². The Morgan fingerprint density at radius 2 is 1.96 bits per heavy atom. The van der Waals surface area contributed by atoms with Gasteiger partial charge in [0.2, 0.25) is 11.8 Å². The van der Waals surface area contributed by atoms with E-state index < -0.39 is 18.0 Å². The number of nitrogens with one attached hydrogen (secondary N) is 2. The number of hydrogen-bond acceptors (Lipinski definition) is 5. The molecule has 4 amide bonds. The maximum absolute atomic E-state index is 12.8. The van der Waals surface area contributed by atoms with Crippen LogP contribution in [0.1, 0.15) is 60.0 Å². The van der Waals surface area contributed by atoms with Crippen molar-refractivity contribution in [1.29, 1.82) is 0 Å². The molecule has 1 saturated heterocycles. The molecule has 1 unspecified atom stereocenters. The van der Waals surface area contributed by atoms with Crippen LogP contribution in [0.15, 0.2) is 18.2 Å². The van der Waals surface area contributed by atoms with E-state index in [-0.39, 0.29) is 30.9 Å². The van der Waals surface area contributed by atoms with Crippen molar-refractivity contribution < 1.29 is 23.9 Å². The van der Waals surface area contributed by atoms with Crippen molar-refractivity contribution in [2.24, 2.45) is 0 Å². The minimum atomic E-state index is -0.630. The standard InChI is InChI=1S/C20H23N3O5/c24-17-8-7-16(18(25)22-17)23-10-13-6-5-12(9-15(13)19(23)26)11-28-20(27)21-14-3-1-2-4-14/h5-6,9,14,16H,1-4,7-8,10-11H2,(H,21,27)(H,22,24,25). The second kappa shape index (κ2) is 7.61. The van der Waals surface area contributed by atoms with Crippen molar-refractivity contribution in [1.82, 2.24) is 15.5 Å². The lowest BCUT2D eigenvalue weighted by atomic mass is 10.0. The molecule has 2 N–H and O–H groups in total. The lowest BCUT2D eigenvalue weighted by Crippen LogP contribution is -2.52. The number of nitrogens with zero attached hydrogens (tertiary/aromatic N) is 1. The van der Waals surface area contributed by atoms with Crippen molar-refractivity contribution in [3.05, 3.63) is 34.9 Å². The highest BCUT2D eigenvalue weighted by molar-refractivity contribution is 6.05. The summed E-state index contributed by atoms with van der Waals surface area (Å²) in [6, 6.07) is 4.92. The second-order valence-electron chi connectivity index (χ2n) is 7.59. The number of carbonyl (C=O) groups excluding carboxylic acids is 4. The summed E-state index contributed by atoms with van der Waals surface area (Å²) < 4.78 is 5.28. The normalized spacial score (nSPS) is 22.2. The van der Waals surface area contributed by atoms with Crippen LogP contribution in [-0.2, 0) is 27.5 Å². The molecule has 148 valence electrons. The summed E-state index contributed by atoms with van der Waals surface area (Å²) in [5.74, 6) is -0.966. The summed E-state index contributed by atoms with van der Waals surface area (Å²) in [4.78, 5) is 49.6. The van der Waals surface area contributed by atoms with E-state index in [1.165, 1.54) is 4.90 Å². The van der Waals surface area contributed by atoms with E-state index in [1.807, 2.05) is 12.1 Å². The number of ether oxygens (including phenoxy) is 1. The van der Waals surface area contributed by atoms with E-state index in [4.69, 9.17) is 4.74 Å². The Morgan fingerprint density at radius 1 is 1.18 bits per heavy atom. The van der Waals surface area contributed by atoms with Crippen molar-refractivity contribution >= 4 is 23.8 Å². The van der Waals surface area contributed by atoms with E-state index in [1.54, 1.807) is 6.07 Å². The zero-order valence-corrected chi connectivity index (χ0v) is 15.5. The highest BCUT2D eigenvalue weighted by Gasteiger charge is 2.39. The van der Waals surface area contributed by atoms with E-state index in [9.17, 15) is 19.2 Å². The average molecular weight is 385 g/mol. The first kappa shape index (κ1) is 18.5. The van der Waals surface area contributed by atoms with Crippen LogP contribution in [0, 0.1) is 0 Å². The van der Waals surface area contributed by atoms with Gasteiger partial charge in [0.1, 0.15) is 12.6 Å². The van der Waals surface area contributed by atoms with Crippen molar-refractivity contribution in [2.75, 3.05) is 0 Å². The third-order valence-electron chi connectivity index (χ3n) is 5.64. The Balaban J connectivity index is 1.38. The molecule has 4 rings (SSSR count). The molecule has 8 heteroatoms. The predicted octanol–water partition coefficient (Wildman–Crippen LogP) is 1.62. The molecule has 0 spiro atoms. The summed E-state index contributed by atoms with van der Waals surface area (Å²) >= 11 is 0. The van der Waals surface area contributed by atoms with Crippen LogP contribution in [0.2, 0.25) is 0 Å². The molecule has 1 saturated carbocycles. The number of amides is 4. The molecule has 1 aromatic rings. The average Bonchev–Trinajstić information content (AvgIpc) is 3.28. The van der Waals surface area contributed by atoms with E-state index in [2.05, 4.69) is 10.6 Å². The molecule has 0 radical (unpaired) electrons. The van der Waals surface area contributed by atoms with Crippen LogP contribution in [-0.4, -0.2) is 40.8 Å². The van der Waals surface area contributed by atoms with Gasteiger partial charge in [0.05, 0.1) is 0 Å². The van der Waals surface area contributed by atoms with Gasteiger partial charge in [0.25, 0.3) is 5.91 Å². The largest absolute Gasteiger partial charge is 0.445 e. The summed E-state index contributed by atoms with van der Waals surface area (Å²) in [7, 11) is 0. The van der Waals surface area contributed by atoms with Gasteiger partial charge in [-0.05, 0) is 36.5 Å². The van der Waals surface area contributed by atoms with Crippen LogP contribution in [0.3, 0.4) is 0 Å². The number of fused-ring (bicyclic) bond motifs is 1. The maximum Gasteiger partial charge on any atom is 0.407 e. The second-order valence-corrected chi connectivity index (χ2v) is 7.59. The minimum absolute atomic E-state index is 0.0809. The van der Waals surface area contributed by atoms with Gasteiger partial charge < -0.3 is 15.0 Å². The molecule has 2 aliphatic heterocycles. The fourth-order valence-corrected chi connectivity index (χ4v) is 4.12. The van der Waals surface area contributed by atoms with Gasteiger partial charge >= 0.3 is 6.09 Å². The van der Waals surface area contributed by atoms with Gasteiger partial charge in [0, 0.05) is 24.6 Å². The quantitative estimate of drug-likeness (QED) is 0.767. The van der Waals surface area contributed by atoms with Crippen molar-refractivity contribution in [3.63, 3.8) is 0 Å². The van der Waals surface area contributed by atoms with Gasteiger partial charge in [-0.3, -0.25) is 19.7 Å². The number of rotatable bonds is 4. The topological polar surface area (TPSA) is 105 Å². The van der Waals surface area contributed by atoms with Gasteiger partial charge in [0.15, 0.2) is 0 Å². The monoisotopic (exact) mass is 385 g/mol. The Kier molecular flexibility index (Phi) is 5.02. The Labute approximate surface area is 162 Å². The summed E-state index contributed by atoms with van der Waals surface area (Å²) in [5.41, 5.74) is 2.06. The molecule has 0 aromatic heterocycles.